The van der Waals surface area contributed by atoms with Crippen molar-refractivity contribution in [3.63, 3.8) is 0 Å². The zero-order valence-corrected chi connectivity index (χ0v) is 20.4. The lowest BCUT2D eigenvalue weighted by Gasteiger charge is -2.16. The molecule has 0 spiro atoms. The number of ether oxygens (including phenoxy) is 1. The number of aryl methyl sites for hydroxylation is 1. The van der Waals surface area contributed by atoms with Crippen LogP contribution in [0.1, 0.15) is 41.2 Å². The predicted molar refractivity (Wildman–Crippen MR) is 137 cm³/mol. The minimum atomic E-state index is -0.604. The van der Waals surface area contributed by atoms with Crippen LogP contribution in [0.4, 0.5) is 0 Å². The van der Waals surface area contributed by atoms with Crippen molar-refractivity contribution in [2.24, 2.45) is 0 Å². The molecule has 0 amide bonds. The van der Waals surface area contributed by atoms with Crippen molar-refractivity contribution in [2.45, 2.75) is 33.8 Å². The summed E-state index contributed by atoms with van der Waals surface area (Å²) >= 11 is 6.51. The van der Waals surface area contributed by atoms with Crippen LogP contribution < -0.4 is 10.7 Å². The highest BCUT2D eigenvalue weighted by Crippen LogP contribution is 2.34. The molecule has 2 heterocycles. The van der Waals surface area contributed by atoms with Crippen molar-refractivity contribution >= 4 is 30.2 Å². The van der Waals surface area contributed by atoms with Crippen LogP contribution in [0.15, 0.2) is 54.6 Å². The monoisotopic (exact) mass is 474 g/mol. The molecule has 2 aromatic carbocycles. The fourth-order valence-electron chi connectivity index (χ4n) is 4.20. The normalized spacial score (nSPS) is 11.9. The van der Waals surface area contributed by atoms with Crippen molar-refractivity contribution in [2.75, 3.05) is 0 Å². The van der Waals surface area contributed by atoms with Crippen molar-refractivity contribution < 1.29 is 14.6 Å². The minimum absolute atomic E-state index is 0.0535. The molecule has 34 heavy (non-hydrogen) atoms. The van der Waals surface area contributed by atoms with Gasteiger partial charge in [0.25, 0.3) is 0 Å². The van der Waals surface area contributed by atoms with Crippen LogP contribution in [0.2, 0.25) is 5.02 Å². The Morgan fingerprint density at radius 1 is 1.12 bits per heavy atom. The van der Waals surface area contributed by atoms with E-state index in [-0.39, 0.29) is 17.4 Å². The Hall–Kier alpha value is -3.70. The molecule has 0 fully saturated rings. The Kier molecular flexibility index (Phi) is 6.40. The zero-order valence-electron chi connectivity index (χ0n) is 19.6. The van der Waals surface area contributed by atoms with E-state index < -0.39 is 5.97 Å². The fourth-order valence-corrected chi connectivity index (χ4v) is 4.43. The standard InChI is InChI=1S/C28H27ClN2O3/c1-16(2)34-28(33)26-18(4)30-24(27(26)32)15-20-14-17(3)31(19(20)5)25-13-9-7-11-22(25)21-10-6-8-12-23(21)29/h6-16,30,32H,4H2,1-3,5H3. The number of nitrogens with one attached hydrogen (secondary N) is 1. The van der Waals surface area contributed by atoms with Gasteiger partial charge in [0.05, 0.1) is 17.1 Å². The number of aromatic nitrogens is 2. The highest BCUT2D eigenvalue weighted by Gasteiger charge is 2.20. The Morgan fingerprint density at radius 2 is 1.76 bits per heavy atom. The number of nitrogens with zero attached hydrogens (tertiary/aromatic N) is 1. The molecule has 6 heteroatoms. The van der Waals surface area contributed by atoms with Gasteiger partial charge < -0.3 is 19.4 Å². The van der Waals surface area contributed by atoms with E-state index in [1.165, 1.54) is 0 Å². The number of hydrogen-bond donors (Lipinski definition) is 2. The number of hydrogen-bond acceptors (Lipinski definition) is 3. The van der Waals surface area contributed by atoms with Crippen LogP contribution in [0.25, 0.3) is 29.5 Å². The van der Waals surface area contributed by atoms with Crippen LogP contribution in [0.5, 0.6) is 5.75 Å². The molecule has 0 unspecified atom stereocenters. The van der Waals surface area contributed by atoms with Crippen molar-refractivity contribution in [3.8, 4) is 22.6 Å². The Bertz CT molecular complexity index is 1490. The number of carbonyl (C=O) groups excluding carboxylic acids is 1. The predicted octanol–water partition coefficient (Wildman–Crippen LogP) is 5.25. The summed E-state index contributed by atoms with van der Waals surface area (Å²) < 4.78 is 7.40. The SMILES string of the molecule is C=c1[nH]c(=Cc2cc(C)n(-c3ccccc3-c3ccccc3Cl)c2C)c(O)c1C(=O)OC(C)C. The number of halogens is 1. The summed E-state index contributed by atoms with van der Waals surface area (Å²) in [6.45, 7) is 11.4. The van der Waals surface area contributed by atoms with E-state index in [1.54, 1.807) is 13.8 Å². The number of rotatable bonds is 5. The van der Waals surface area contributed by atoms with Crippen LogP contribution >= 0.6 is 11.6 Å². The number of aromatic hydroxyl groups is 1. The molecule has 2 N–H and O–H groups in total. The number of carbonyl (C=O) groups is 1. The summed E-state index contributed by atoms with van der Waals surface area (Å²) in [4.78, 5) is 15.4. The van der Waals surface area contributed by atoms with Gasteiger partial charge in [-0.05, 0) is 57.5 Å². The Balaban J connectivity index is 1.85. The maximum atomic E-state index is 12.4. The van der Waals surface area contributed by atoms with E-state index >= 15 is 0 Å². The molecule has 0 saturated heterocycles. The van der Waals surface area contributed by atoms with Gasteiger partial charge in [-0.1, -0.05) is 54.6 Å². The molecule has 0 atom stereocenters. The van der Waals surface area contributed by atoms with Gasteiger partial charge in [0, 0.05) is 32.9 Å². The maximum absolute atomic E-state index is 12.4. The second kappa shape index (κ2) is 9.27. The molecule has 4 aromatic rings. The number of H-pyrrole nitrogens is 1. The summed E-state index contributed by atoms with van der Waals surface area (Å²) in [5.74, 6) is -0.774. The molecule has 0 aliphatic heterocycles. The van der Waals surface area contributed by atoms with E-state index in [9.17, 15) is 9.90 Å². The molecule has 0 radical (unpaired) electrons. The Labute approximate surface area is 203 Å². The summed E-state index contributed by atoms with van der Waals surface area (Å²) in [5, 5.41) is 12.1. The van der Waals surface area contributed by atoms with Gasteiger partial charge in [0.15, 0.2) is 5.75 Å². The van der Waals surface area contributed by atoms with Crippen molar-refractivity contribution in [1.29, 1.82) is 0 Å². The third-order valence-electron chi connectivity index (χ3n) is 5.71. The number of esters is 1. The van der Waals surface area contributed by atoms with Gasteiger partial charge in [-0.2, -0.15) is 0 Å². The first-order valence-electron chi connectivity index (χ1n) is 11.0. The van der Waals surface area contributed by atoms with Gasteiger partial charge in [0.2, 0.25) is 0 Å². The Morgan fingerprint density at radius 3 is 2.44 bits per heavy atom. The van der Waals surface area contributed by atoms with Gasteiger partial charge in [-0.15, -0.1) is 0 Å². The third kappa shape index (κ3) is 4.27. The summed E-state index contributed by atoms with van der Waals surface area (Å²) in [7, 11) is 0. The first-order valence-corrected chi connectivity index (χ1v) is 11.4. The topological polar surface area (TPSA) is 67.2 Å². The van der Waals surface area contributed by atoms with Gasteiger partial charge in [-0.25, -0.2) is 4.79 Å². The number of para-hydroxylation sites is 1. The molecular weight excluding hydrogens is 448 g/mol. The molecule has 0 aliphatic rings. The number of aromatic amines is 1. The fraction of sp³-hybridized carbons (Fsp3) is 0.179. The minimum Gasteiger partial charge on any atom is -0.505 e. The molecule has 4 rings (SSSR count). The lowest BCUT2D eigenvalue weighted by atomic mass is 10.0. The van der Waals surface area contributed by atoms with Gasteiger partial charge >= 0.3 is 5.97 Å². The van der Waals surface area contributed by atoms with E-state index in [0.29, 0.717) is 15.7 Å². The largest absolute Gasteiger partial charge is 0.505 e. The van der Waals surface area contributed by atoms with Crippen LogP contribution in [-0.4, -0.2) is 26.7 Å². The lowest BCUT2D eigenvalue weighted by Crippen LogP contribution is -2.18. The number of benzene rings is 2. The molecule has 2 aromatic heterocycles. The van der Waals surface area contributed by atoms with Crippen molar-refractivity contribution in [3.05, 3.63) is 92.8 Å². The van der Waals surface area contributed by atoms with Crippen LogP contribution in [0, 0.1) is 13.8 Å². The second-order valence-electron chi connectivity index (χ2n) is 8.50. The van der Waals surface area contributed by atoms with Crippen molar-refractivity contribution in [1.82, 2.24) is 9.55 Å². The highest BCUT2D eigenvalue weighted by atomic mass is 35.5. The van der Waals surface area contributed by atoms with Gasteiger partial charge in [0.1, 0.15) is 5.56 Å². The summed E-state index contributed by atoms with van der Waals surface area (Å²) in [6.07, 6.45) is 1.51. The third-order valence-corrected chi connectivity index (χ3v) is 6.03. The van der Waals surface area contributed by atoms with Crippen LogP contribution in [0.3, 0.4) is 0 Å². The first kappa shape index (κ1) is 23.5. The average molecular weight is 475 g/mol. The lowest BCUT2D eigenvalue weighted by molar-refractivity contribution is 0.0373. The van der Waals surface area contributed by atoms with E-state index in [4.69, 9.17) is 16.3 Å². The molecule has 0 saturated carbocycles. The summed E-state index contributed by atoms with van der Waals surface area (Å²) in [6, 6.07) is 17.9. The van der Waals surface area contributed by atoms with E-state index in [1.807, 2.05) is 62.4 Å². The maximum Gasteiger partial charge on any atom is 0.344 e. The zero-order chi connectivity index (χ0) is 24.6. The van der Waals surface area contributed by atoms with E-state index in [2.05, 4.69) is 28.3 Å². The van der Waals surface area contributed by atoms with Gasteiger partial charge in [-0.3, -0.25) is 0 Å². The smallest absolute Gasteiger partial charge is 0.344 e. The molecule has 5 nitrogen and oxygen atoms in total. The average Bonchev–Trinajstić information content (AvgIpc) is 3.22. The van der Waals surface area contributed by atoms with E-state index in [0.717, 1.165) is 33.8 Å². The van der Waals surface area contributed by atoms with Crippen LogP contribution in [-0.2, 0) is 4.74 Å². The molecule has 0 aliphatic carbocycles. The summed E-state index contributed by atoms with van der Waals surface area (Å²) in [5.41, 5.74) is 5.91. The molecular formula is C28H27ClN2O3. The molecule has 0 bridgehead atoms. The molecule has 174 valence electrons. The quantitative estimate of drug-likeness (QED) is 0.388. The first-order chi connectivity index (χ1) is 16.2. The second-order valence-corrected chi connectivity index (χ2v) is 8.91. The highest BCUT2D eigenvalue weighted by molar-refractivity contribution is 6.33.